The molecule has 0 fully saturated rings. The number of aromatic amines is 1. The summed E-state index contributed by atoms with van der Waals surface area (Å²) in [5.74, 6) is 0. The van der Waals surface area contributed by atoms with Crippen molar-refractivity contribution in [3.63, 3.8) is 0 Å². The zero-order chi connectivity index (χ0) is 14.2. The summed E-state index contributed by atoms with van der Waals surface area (Å²) in [5, 5.41) is 0.316. The molecule has 2 rings (SSSR count). The van der Waals surface area contributed by atoms with E-state index in [1.807, 2.05) is 6.92 Å². The summed E-state index contributed by atoms with van der Waals surface area (Å²) in [6.45, 7) is 3.14. The normalized spacial score (nSPS) is 12.1. The lowest BCUT2D eigenvalue weighted by molar-refractivity contribution is -0.141. The van der Waals surface area contributed by atoms with Crippen molar-refractivity contribution in [1.29, 1.82) is 0 Å². The van der Waals surface area contributed by atoms with Crippen molar-refractivity contribution < 1.29 is 13.2 Å². The van der Waals surface area contributed by atoms with Gasteiger partial charge in [-0.3, -0.25) is 4.79 Å². The largest absolute Gasteiger partial charge is 0.431 e. The number of rotatable bonds is 2. The van der Waals surface area contributed by atoms with Gasteiger partial charge in [0.05, 0.1) is 5.52 Å². The van der Waals surface area contributed by atoms with Crippen LogP contribution in [0.1, 0.15) is 30.2 Å². The number of fused-ring (bicyclic) bond motifs is 1. The number of aryl methyl sites for hydroxylation is 1. The minimum atomic E-state index is -4.54. The number of alkyl halides is 3. The van der Waals surface area contributed by atoms with Crippen LogP contribution in [0.4, 0.5) is 13.2 Å². The third-order valence-electron chi connectivity index (χ3n) is 3.16. The van der Waals surface area contributed by atoms with Crippen LogP contribution in [0.2, 0.25) is 0 Å². The van der Waals surface area contributed by atoms with E-state index in [-0.39, 0.29) is 5.56 Å². The Morgan fingerprint density at radius 3 is 2.53 bits per heavy atom. The molecule has 19 heavy (non-hydrogen) atoms. The van der Waals surface area contributed by atoms with E-state index in [0.29, 0.717) is 17.3 Å². The van der Waals surface area contributed by atoms with Gasteiger partial charge in [0, 0.05) is 10.9 Å². The predicted molar refractivity (Wildman–Crippen MR) is 68.3 cm³/mol. The standard InChI is InChI=1S/C14H14F3NO/c1-3-5-9-6-4-7-10-11(9)18-13(14(15,16)17)8(2)12(10)19/h4,6-7H,3,5H2,1-2H3,(H,18,19). The summed E-state index contributed by atoms with van der Waals surface area (Å²) >= 11 is 0. The topological polar surface area (TPSA) is 32.9 Å². The monoisotopic (exact) mass is 269 g/mol. The Kier molecular flexibility index (Phi) is 3.39. The molecule has 1 aromatic carbocycles. The molecular weight excluding hydrogens is 255 g/mol. The number of pyridine rings is 1. The molecule has 0 aliphatic rings. The Morgan fingerprint density at radius 2 is 1.95 bits per heavy atom. The van der Waals surface area contributed by atoms with Crippen LogP contribution in [0.3, 0.4) is 0 Å². The highest BCUT2D eigenvalue weighted by Gasteiger charge is 2.35. The van der Waals surface area contributed by atoms with Crippen molar-refractivity contribution in [3.05, 3.63) is 45.2 Å². The average molecular weight is 269 g/mol. The van der Waals surface area contributed by atoms with E-state index in [1.165, 1.54) is 6.92 Å². The number of para-hydroxylation sites is 1. The van der Waals surface area contributed by atoms with Crippen LogP contribution in [-0.4, -0.2) is 4.98 Å². The van der Waals surface area contributed by atoms with Gasteiger partial charge >= 0.3 is 6.18 Å². The molecule has 0 amide bonds. The van der Waals surface area contributed by atoms with Crippen LogP contribution >= 0.6 is 0 Å². The van der Waals surface area contributed by atoms with Crippen LogP contribution in [-0.2, 0) is 12.6 Å². The van der Waals surface area contributed by atoms with E-state index in [9.17, 15) is 18.0 Å². The number of halogens is 3. The van der Waals surface area contributed by atoms with Crippen molar-refractivity contribution in [2.75, 3.05) is 0 Å². The van der Waals surface area contributed by atoms with Gasteiger partial charge in [-0.15, -0.1) is 0 Å². The second-order valence-corrected chi connectivity index (χ2v) is 4.54. The smallest absolute Gasteiger partial charge is 0.350 e. The van der Waals surface area contributed by atoms with E-state index >= 15 is 0 Å². The Labute approximate surface area is 108 Å². The summed E-state index contributed by atoms with van der Waals surface area (Å²) in [7, 11) is 0. The van der Waals surface area contributed by atoms with Crippen molar-refractivity contribution >= 4 is 10.9 Å². The fourth-order valence-corrected chi connectivity index (χ4v) is 2.23. The molecule has 2 nitrogen and oxygen atoms in total. The first-order valence-electron chi connectivity index (χ1n) is 6.08. The predicted octanol–water partition coefficient (Wildman–Crippen LogP) is 3.81. The van der Waals surface area contributed by atoms with E-state index < -0.39 is 17.3 Å². The van der Waals surface area contributed by atoms with Gasteiger partial charge in [0.2, 0.25) is 0 Å². The molecule has 0 radical (unpaired) electrons. The van der Waals surface area contributed by atoms with Gasteiger partial charge in [-0.25, -0.2) is 0 Å². The maximum atomic E-state index is 12.9. The van der Waals surface area contributed by atoms with Gasteiger partial charge in [0.25, 0.3) is 0 Å². The van der Waals surface area contributed by atoms with Crippen molar-refractivity contribution in [2.45, 2.75) is 32.9 Å². The summed E-state index contributed by atoms with van der Waals surface area (Å²) in [6.07, 6.45) is -3.11. The highest BCUT2D eigenvalue weighted by Crippen LogP contribution is 2.30. The Hall–Kier alpha value is -1.78. The van der Waals surface area contributed by atoms with Gasteiger partial charge in [-0.1, -0.05) is 25.5 Å². The summed E-state index contributed by atoms with van der Waals surface area (Å²) in [6, 6.07) is 5.01. The van der Waals surface area contributed by atoms with Crippen molar-refractivity contribution in [2.24, 2.45) is 0 Å². The second kappa shape index (κ2) is 4.72. The van der Waals surface area contributed by atoms with Crippen molar-refractivity contribution in [3.8, 4) is 0 Å². The van der Waals surface area contributed by atoms with Gasteiger partial charge in [0.1, 0.15) is 5.69 Å². The first kappa shape index (κ1) is 13.6. The molecule has 0 aliphatic carbocycles. The van der Waals surface area contributed by atoms with Crippen LogP contribution in [0.25, 0.3) is 10.9 Å². The summed E-state index contributed by atoms with van der Waals surface area (Å²) < 4.78 is 38.7. The molecule has 102 valence electrons. The van der Waals surface area contributed by atoms with Crippen molar-refractivity contribution in [1.82, 2.24) is 4.98 Å². The minimum Gasteiger partial charge on any atom is -0.350 e. The lowest BCUT2D eigenvalue weighted by Crippen LogP contribution is -2.19. The lowest BCUT2D eigenvalue weighted by atomic mass is 10.0. The third kappa shape index (κ3) is 2.37. The second-order valence-electron chi connectivity index (χ2n) is 4.54. The van der Waals surface area contributed by atoms with Gasteiger partial charge in [-0.05, 0) is 25.0 Å². The van der Waals surface area contributed by atoms with Gasteiger partial charge in [0.15, 0.2) is 5.43 Å². The Bertz CT molecular complexity index is 671. The molecule has 0 atom stereocenters. The lowest BCUT2D eigenvalue weighted by Gasteiger charge is -2.13. The Balaban J connectivity index is 2.86. The maximum Gasteiger partial charge on any atom is 0.431 e. The van der Waals surface area contributed by atoms with Crippen LogP contribution in [0.15, 0.2) is 23.0 Å². The molecule has 1 aromatic heterocycles. The zero-order valence-electron chi connectivity index (χ0n) is 10.7. The highest BCUT2D eigenvalue weighted by molar-refractivity contribution is 5.82. The fourth-order valence-electron chi connectivity index (χ4n) is 2.23. The minimum absolute atomic E-state index is 0.284. The van der Waals surface area contributed by atoms with E-state index in [4.69, 9.17) is 0 Å². The van der Waals surface area contributed by atoms with Gasteiger partial charge in [-0.2, -0.15) is 13.2 Å². The zero-order valence-corrected chi connectivity index (χ0v) is 10.7. The van der Waals surface area contributed by atoms with E-state index in [1.54, 1.807) is 18.2 Å². The number of hydrogen-bond acceptors (Lipinski definition) is 1. The molecule has 0 unspecified atom stereocenters. The third-order valence-corrected chi connectivity index (χ3v) is 3.16. The molecule has 0 bridgehead atoms. The number of nitrogens with one attached hydrogen (secondary N) is 1. The molecule has 2 aromatic rings. The van der Waals surface area contributed by atoms with Crippen LogP contribution in [0, 0.1) is 6.92 Å². The number of benzene rings is 1. The van der Waals surface area contributed by atoms with Gasteiger partial charge < -0.3 is 4.98 Å². The van der Waals surface area contributed by atoms with E-state index in [2.05, 4.69) is 4.98 Å². The maximum absolute atomic E-state index is 12.9. The molecule has 1 N–H and O–H groups in total. The molecule has 1 heterocycles. The summed E-state index contributed by atoms with van der Waals surface area (Å²) in [4.78, 5) is 14.4. The first-order chi connectivity index (χ1) is 8.86. The number of hydrogen-bond donors (Lipinski definition) is 1. The summed E-state index contributed by atoms with van der Waals surface area (Å²) in [5.41, 5.74) is -0.754. The molecule has 0 spiro atoms. The van der Waals surface area contributed by atoms with E-state index in [0.717, 1.165) is 12.0 Å². The number of aromatic nitrogens is 1. The number of H-pyrrole nitrogens is 1. The first-order valence-corrected chi connectivity index (χ1v) is 6.08. The molecule has 0 aliphatic heterocycles. The van der Waals surface area contributed by atoms with Crippen LogP contribution in [0.5, 0.6) is 0 Å². The SMILES string of the molecule is CCCc1cccc2c(=O)c(C)c(C(F)(F)F)[nH]c12. The highest BCUT2D eigenvalue weighted by atomic mass is 19.4. The molecular formula is C14H14F3NO. The molecule has 5 heteroatoms. The Morgan fingerprint density at radius 1 is 1.26 bits per heavy atom. The van der Waals surface area contributed by atoms with Crippen LogP contribution < -0.4 is 5.43 Å². The molecule has 0 saturated heterocycles. The molecule has 0 saturated carbocycles. The quantitative estimate of drug-likeness (QED) is 0.883. The average Bonchev–Trinajstić information content (AvgIpc) is 2.33. The fraction of sp³-hybridized carbons (Fsp3) is 0.357.